The van der Waals surface area contributed by atoms with Crippen molar-refractivity contribution in [1.82, 2.24) is 5.32 Å². The average Bonchev–Trinajstić information content (AvgIpc) is 3.36. The molecular weight excluding hydrogens is 936 g/mol. The Balaban J connectivity index is 4.10. The van der Waals surface area contributed by atoms with Crippen LogP contribution in [0.1, 0.15) is 219 Å². The molecule has 2 N–H and O–H groups in total. The molecule has 3 atom stereocenters. The lowest BCUT2D eigenvalue weighted by Crippen LogP contribution is -2.45. The summed E-state index contributed by atoms with van der Waals surface area (Å²) in [5.74, 6) is -0.217. The number of allylic oxidation sites excluding steroid dienone is 21. The van der Waals surface area contributed by atoms with Crippen molar-refractivity contribution in [3.05, 3.63) is 134 Å². The Kier molecular flexibility index (Phi) is 52.0. The number of nitrogens with one attached hydrogen (secondary N) is 1. The molecule has 8 nitrogen and oxygen atoms in total. The van der Waals surface area contributed by atoms with Crippen molar-refractivity contribution in [3.63, 3.8) is 0 Å². The summed E-state index contributed by atoms with van der Waals surface area (Å²) in [4.78, 5) is 25.4. The molecular formula is C65H111N2O6P. The number of quaternary nitrogens is 1. The molecule has 0 aliphatic heterocycles. The first-order valence-electron chi connectivity index (χ1n) is 29.5. The maximum atomic E-state index is 12.9. The lowest BCUT2D eigenvalue weighted by molar-refractivity contribution is -0.870. The van der Waals surface area contributed by atoms with Gasteiger partial charge >= 0.3 is 0 Å². The fourth-order valence-electron chi connectivity index (χ4n) is 7.75. The average molecular weight is 1050 g/mol. The quantitative estimate of drug-likeness (QED) is 0.0272. The van der Waals surface area contributed by atoms with E-state index in [4.69, 9.17) is 9.05 Å². The highest BCUT2D eigenvalue weighted by Gasteiger charge is 2.23. The molecule has 0 heterocycles. The van der Waals surface area contributed by atoms with Crippen LogP contribution < -0.4 is 10.2 Å². The Hall–Kier alpha value is -3.36. The number of nitrogens with zero attached hydrogens (tertiary/aromatic N) is 1. The summed E-state index contributed by atoms with van der Waals surface area (Å²) >= 11 is 0. The molecule has 0 aliphatic carbocycles. The van der Waals surface area contributed by atoms with Crippen LogP contribution in [0.3, 0.4) is 0 Å². The molecule has 0 aromatic rings. The number of carbonyl (C=O) groups is 1. The summed E-state index contributed by atoms with van der Waals surface area (Å²) < 4.78 is 23.3. The molecule has 0 saturated carbocycles. The van der Waals surface area contributed by atoms with E-state index in [2.05, 4.69) is 141 Å². The second kappa shape index (κ2) is 54.4. The fourth-order valence-corrected chi connectivity index (χ4v) is 8.47. The number of hydrogen-bond donors (Lipinski definition) is 2. The monoisotopic (exact) mass is 1050 g/mol. The number of carbonyl (C=O) groups excluding carboxylic acids is 1. The van der Waals surface area contributed by atoms with E-state index in [0.29, 0.717) is 17.4 Å². The predicted molar refractivity (Wildman–Crippen MR) is 320 cm³/mol. The Labute approximate surface area is 456 Å². The zero-order valence-electron chi connectivity index (χ0n) is 48.0. The van der Waals surface area contributed by atoms with Crippen molar-refractivity contribution in [2.24, 2.45) is 0 Å². The first kappa shape index (κ1) is 70.6. The number of phosphoric ester groups is 1. The molecule has 0 saturated heterocycles. The molecule has 9 heteroatoms. The minimum Gasteiger partial charge on any atom is -0.756 e. The van der Waals surface area contributed by atoms with E-state index < -0.39 is 26.6 Å². The van der Waals surface area contributed by atoms with Gasteiger partial charge in [0.15, 0.2) is 0 Å². The molecule has 0 radical (unpaired) electrons. The smallest absolute Gasteiger partial charge is 0.268 e. The Bertz CT molecular complexity index is 1660. The van der Waals surface area contributed by atoms with Crippen LogP contribution in [0.5, 0.6) is 0 Å². The fraction of sp³-hybridized carbons (Fsp3) is 0.646. The van der Waals surface area contributed by atoms with E-state index in [1.54, 1.807) is 6.08 Å². The van der Waals surface area contributed by atoms with Crippen LogP contribution >= 0.6 is 7.82 Å². The number of aliphatic hydroxyl groups excluding tert-OH is 1. The Morgan fingerprint density at radius 1 is 0.486 bits per heavy atom. The highest BCUT2D eigenvalue weighted by molar-refractivity contribution is 7.45. The summed E-state index contributed by atoms with van der Waals surface area (Å²) in [7, 11) is 1.22. The number of aliphatic hydroxyl groups is 1. The van der Waals surface area contributed by atoms with Gasteiger partial charge in [0.05, 0.1) is 39.9 Å². The van der Waals surface area contributed by atoms with E-state index in [-0.39, 0.29) is 12.5 Å². The second-order valence-corrected chi connectivity index (χ2v) is 22.0. The molecule has 74 heavy (non-hydrogen) atoms. The van der Waals surface area contributed by atoms with Gasteiger partial charge in [-0.1, -0.05) is 244 Å². The molecule has 0 fully saturated rings. The highest BCUT2D eigenvalue weighted by Crippen LogP contribution is 2.38. The standard InChI is InChI=1S/C65H111N2O6P/c1-6-8-10-12-14-16-18-20-21-22-23-24-25-26-27-28-29-30-31-32-33-34-35-36-37-38-39-40-41-42-43-44-45-47-49-51-53-55-57-59-65(69)66-63(62-73-74(70,71)72-61-60-67(3,4)5)64(68)58-56-54-52-50-48-46-19-17-15-13-11-9-7-2/h8,10,14,16,20-21,23-24,26-27,29-30,32-33,35-36,38-39,48,50,56,58,63-64,68H,6-7,9,11-13,15,17-19,22,25,28,31,34,37,40-47,49,51-55,57,59-62H2,1-5H3,(H-,66,69,70,71)/b10-8-,16-14-,21-20-,24-23-,27-26-,30-29-,33-32-,36-35-,39-38-,50-48+,58-56+. The lowest BCUT2D eigenvalue weighted by atomic mass is 10.0. The molecule has 0 aromatic heterocycles. The normalized spacial score (nSPS) is 14.9. The van der Waals surface area contributed by atoms with Gasteiger partial charge in [0, 0.05) is 6.42 Å². The summed E-state index contributed by atoms with van der Waals surface area (Å²) in [6.45, 7) is 4.48. The van der Waals surface area contributed by atoms with Crippen molar-refractivity contribution in [2.75, 3.05) is 40.9 Å². The second-order valence-electron chi connectivity index (χ2n) is 20.6. The van der Waals surface area contributed by atoms with Gasteiger partial charge in [-0.15, -0.1) is 0 Å². The van der Waals surface area contributed by atoms with Crippen LogP contribution in [-0.2, 0) is 18.4 Å². The first-order chi connectivity index (χ1) is 36.0. The summed E-state index contributed by atoms with van der Waals surface area (Å²) in [6.07, 6.45) is 82.5. The third-order valence-electron chi connectivity index (χ3n) is 12.3. The molecule has 422 valence electrons. The summed E-state index contributed by atoms with van der Waals surface area (Å²) in [6, 6.07) is -0.913. The van der Waals surface area contributed by atoms with Gasteiger partial charge in [0.2, 0.25) is 5.91 Å². The zero-order valence-corrected chi connectivity index (χ0v) is 48.9. The molecule has 0 aliphatic rings. The van der Waals surface area contributed by atoms with Crippen LogP contribution in [-0.4, -0.2) is 68.5 Å². The first-order valence-corrected chi connectivity index (χ1v) is 31.0. The van der Waals surface area contributed by atoms with E-state index in [0.717, 1.165) is 103 Å². The van der Waals surface area contributed by atoms with Crippen molar-refractivity contribution < 1.29 is 32.9 Å². The zero-order chi connectivity index (χ0) is 54.2. The van der Waals surface area contributed by atoms with Gasteiger partial charge in [-0.25, -0.2) is 0 Å². The Morgan fingerprint density at radius 3 is 1.26 bits per heavy atom. The van der Waals surface area contributed by atoms with Crippen LogP contribution in [0.2, 0.25) is 0 Å². The van der Waals surface area contributed by atoms with Crippen molar-refractivity contribution in [1.29, 1.82) is 0 Å². The SMILES string of the molecule is CC/C=C\C/C=C\C/C=C\C/C=C\C/C=C\C/C=C\C/C=C\C/C=C\C/C=C\CCCCCCCCCCCCCC(=O)NC(COP(=O)([O-])OCC[N+](C)(C)C)C(O)/C=C/CC/C=C/CCCCCCCCC. The summed E-state index contributed by atoms with van der Waals surface area (Å²) in [5.41, 5.74) is 0. The third kappa shape index (κ3) is 56.4. The molecule has 3 unspecified atom stereocenters. The maximum Gasteiger partial charge on any atom is 0.268 e. The highest BCUT2D eigenvalue weighted by atomic mass is 31.2. The van der Waals surface area contributed by atoms with Gasteiger partial charge in [0.25, 0.3) is 7.82 Å². The largest absolute Gasteiger partial charge is 0.756 e. The van der Waals surface area contributed by atoms with E-state index >= 15 is 0 Å². The van der Waals surface area contributed by atoms with Gasteiger partial charge < -0.3 is 28.8 Å². The molecule has 1 amide bonds. The van der Waals surface area contributed by atoms with E-state index in [1.165, 1.54) is 96.3 Å². The minimum atomic E-state index is -4.61. The summed E-state index contributed by atoms with van der Waals surface area (Å²) in [5, 5.41) is 13.8. The van der Waals surface area contributed by atoms with Crippen LogP contribution in [0.25, 0.3) is 0 Å². The Morgan fingerprint density at radius 2 is 0.838 bits per heavy atom. The van der Waals surface area contributed by atoms with E-state index in [9.17, 15) is 19.4 Å². The van der Waals surface area contributed by atoms with Crippen LogP contribution in [0.15, 0.2) is 134 Å². The molecule has 0 rings (SSSR count). The van der Waals surface area contributed by atoms with E-state index in [1.807, 2.05) is 27.2 Å². The van der Waals surface area contributed by atoms with Gasteiger partial charge in [-0.3, -0.25) is 9.36 Å². The van der Waals surface area contributed by atoms with Crippen molar-refractivity contribution in [2.45, 2.75) is 231 Å². The number of unbranched alkanes of at least 4 members (excludes halogenated alkanes) is 19. The topological polar surface area (TPSA) is 108 Å². The number of hydrogen-bond acceptors (Lipinski definition) is 6. The molecule has 0 spiro atoms. The van der Waals surface area contributed by atoms with Crippen molar-refractivity contribution in [3.8, 4) is 0 Å². The number of likely N-dealkylation sites (N-methyl/N-ethyl adjacent to an activating group) is 1. The number of amides is 1. The molecule has 0 bridgehead atoms. The van der Waals surface area contributed by atoms with Gasteiger partial charge in [-0.2, -0.15) is 0 Å². The van der Waals surface area contributed by atoms with Crippen LogP contribution in [0.4, 0.5) is 0 Å². The van der Waals surface area contributed by atoms with Gasteiger partial charge in [-0.05, 0) is 103 Å². The number of phosphoric acid groups is 1. The third-order valence-corrected chi connectivity index (χ3v) is 13.3. The maximum absolute atomic E-state index is 12.9. The van der Waals surface area contributed by atoms with Crippen molar-refractivity contribution >= 4 is 13.7 Å². The van der Waals surface area contributed by atoms with Gasteiger partial charge in [0.1, 0.15) is 13.2 Å². The molecule has 0 aromatic carbocycles. The van der Waals surface area contributed by atoms with Crippen LogP contribution in [0, 0.1) is 0 Å². The lowest BCUT2D eigenvalue weighted by Gasteiger charge is -2.29. The number of rotatable bonds is 52. The minimum absolute atomic E-state index is 0.0129. The predicted octanol–water partition coefficient (Wildman–Crippen LogP) is 17.7.